The van der Waals surface area contributed by atoms with Crippen molar-refractivity contribution in [3.63, 3.8) is 0 Å². The maximum atomic E-state index is 11.8. The number of aromatic nitrogens is 5. The molecule has 1 fully saturated rings. The number of nitrogens with zero attached hydrogens (tertiary/aromatic N) is 6. The Kier molecular flexibility index (Phi) is 4.79. The van der Waals surface area contributed by atoms with Crippen molar-refractivity contribution in [2.75, 3.05) is 19.3 Å². The van der Waals surface area contributed by atoms with Crippen LogP contribution in [0.5, 0.6) is 0 Å². The third-order valence-corrected chi connectivity index (χ3v) is 7.30. The molecule has 1 aliphatic rings. The van der Waals surface area contributed by atoms with Gasteiger partial charge < -0.3 is 0 Å². The van der Waals surface area contributed by atoms with E-state index in [4.69, 9.17) is 4.98 Å². The molecule has 0 saturated carbocycles. The van der Waals surface area contributed by atoms with Crippen molar-refractivity contribution in [2.45, 2.75) is 12.8 Å². The van der Waals surface area contributed by atoms with Gasteiger partial charge in [0.2, 0.25) is 10.0 Å². The first kappa shape index (κ1) is 19.5. The van der Waals surface area contributed by atoms with Crippen LogP contribution in [0.1, 0.15) is 12.2 Å². The van der Waals surface area contributed by atoms with Crippen molar-refractivity contribution in [3.05, 3.63) is 53.2 Å². The summed E-state index contributed by atoms with van der Waals surface area (Å²) in [4.78, 5) is 13.6. The lowest BCUT2D eigenvalue weighted by molar-refractivity contribution is 0.457. The van der Waals surface area contributed by atoms with Gasteiger partial charge in [-0.25, -0.2) is 27.4 Å². The molecule has 10 heteroatoms. The molecule has 5 rings (SSSR count). The maximum absolute atomic E-state index is 11.8. The van der Waals surface area contributed by atoms with E-state index in [1.54, 1.807) is 17.1 Å². The zero-order valence-electron chi connectivity index (χ0n) is 16.2. The smallest absolute Gasteiger partial charge is 0.211 e. The fraction of sp³-hybridized carbons (Fsp3) is 0.300. The minimum absolute atomic E-state index is 0.212. The lowest BCUT2D eigenvalue weighted by Crippen LogP contribution is -2.27. The molecule has 4 heterocycles. The van der Waals surface area contributed by atoms with Crippen LogP contribution in [0.4, 0.5) is 0 Å². The van der Waals surface area contributed by atoms with Crippen molar-refractivity contribution in [1.29, 1.82) is 0 Å². The molecule has 1 saturated heterocycles. The molecule has 1 aliphatic heterocycles. The monoisotopic (exact) mass is 486 g/mol. The van der Waals surface area contributed by atoms with Crippen LogP contribution >= 0.6 is 15.9 Å². The van der Waals surface area contributed by atoms with Gasteiger partial charge in [0.1, 0.15) is 10.4 Å². The van der Waals surface area contributed by atoms with Gasteiger partial charge in [0.25, 0.3) is 0 Å². The molecule has 0 unspecified atom stereocenters. The molecule has 3 aromatic heterocycles. The van der Waals surface area contributed by atoms with Gasteiger partial charge in [-0.2, -0.15) is 5.10 Å². The Labute approximate surface area is 182 Å². The Hall–Kier alpha value is -2.43. The van der Waals surface area contributed by atoms with E-state index in [9.17, 15) is 8.42 Å². The minimum atomic E-state index is -3.15. The normalized spacial score (nSPS) is 17.9. The summed E-state index contributed by atoms with van der Waals surface area (Å²) in [6, 6.07) is 9.89. The van der Waals surface area contributed by atoms with Crippen LogP contribution in [0.3, 0.4) is 0 Å². The van der Waals surface area contributed by atoms with Gasteiger partial charge in [-0.15, -0.1) is 0 Å². The van der Waals surface area contributed by atoms with E-state index >= 15 is 0 Å². The number of hydrogen-bond acceptors (Lipinski definition) is 6. The SMILES string of the molecule is CS(=O)(=O)N1CC[C@@H](Cc2ncc3c(Br)nn(-c4ccc5ncccc5c4)c3n2)C1. The summed E-state index contributed by atoms with van der Waals surface area (Å²) in [5, 5.41) is 6.46. The van der Waals surface area contributed by atoms with E-state index in [2.05, 4.69) is 31.0 Å². The number of rotatable bonds is 4. The average molecular weight is 487 g/mol. The number of fused-ring (bicyclic) bond motifs is 2. The van der Waals surface area contributed by atoms with E-state index in [0.29, 0.717) is 35.6 Å². The zero-order chi connectivity index (χ0) is 20.9. The fourth-order valence-electron chi connectivity index (χ4n) is 3.90. The molecule has 0 bridgehead atoms. The first-order valence-electron chi connectivity index (χ1n) is 9.59. The largest absolute Gasteiger partial charge is 0.256 e. The number of pyridine rings is 1. The Morgan fingerprint density at radius 3 is 2.90 bits per heavy atom. The third-order valence-electron chi connectivity index (χ3n) is 5.45. The molecule has 0 amide bonds. The molecule has 1 aromatic carbocycles. The van der Waals surface area contributed by atoms with Crippen molar-refractivity contribution in [3.8, 4) is 5.69 Å². The van der Waals surface area contributed by atoms with E-state index in [0.717, 1.165) is 28.4 Å². The summed E-state index contributed by atoms with van der Waals surface area (Å²) < 4.78 is 27.6. The van der Waals surface area contributed by atoms with E-state index < -0.39 is 10.0 Å². The molecule has 0 aliphatic carbocycles. The predicted molar refractivity (Wildman–Crippen MR) is 118 cm³/mol. The van der Waals surface area contributed by atoms with E-state index in [-0.39, 0.29) is 5.92 Å². The minimum Gasteiger partial charge on any atom is -0.256 e. The lowest BCUT2D eigenvalue weighted by Gasteiger charge is -2.13. The highest BCUT2D eigenvalue weighted by Gasteiger charge is 2.29. The Bertz CT molecular complexity index is 1370. The summed E-state index contributed by atoms with van der Waals surface area (Å²) in [7, 11) is -3.15. The number of sulfonamides is 1. The van der Waals surface area contributed by atoms with Crippen molar-refractivity contribution in [1.82, 2.24) is 29.0 Å². The topological polar surface area (TPSA) is 93.9 Å². The summed E-state index contributed by atoms with van der Waals surface area (Å²) in [5.41, 5.74) is 2.52. The van der Waals surface area contributed by atoms with Gasteiger partial charge in [-0.05, 0) is 52.5 Å². The van der Waals surface area contributed by atoms with Gasteiger partial charge in [0.05, 0.1) is 22.8 Å². The first-order valence-corrected chi connectivity index (χ1v) is 12.2. The van der Waals surface area contributed by atoms with Crippen LogP contribution in [-0.4, -0.2) is 56.8 Å². The van der Waals surface area contributed by atoms with Gasteiger partial charge in [0, 0.05) is 37.3 Å². The second-order valence-electron chi connectivity index (χ2n) is 7.59. The molecule has 8 nitrogen and oxygen atoms in total. The molecule has 0 spiro atoms. The molecule has 154 valence electrons. The Morgan fingerprint density at radius 2 is 2.10 bits per heavy atom. The average Bonchev–Trinajstić information content (AvgIpc) is 3.32. The van der Waals surface area contributed by atoms with Crippen molar-refractivity contribution in [2.24, 2.45) is 5.92 Å². The number of hydrogen-bond donors (Lipinski definition) is 0. The summed E-state index contributed by atoms with van der Waals surface area (Å²) in [6.45, 7) is 1.07. The molecule has 4 aromatic rings. The summed E-state index contributed by atoms with van der Waals surface area (Å²) in [6.07, 6.45) is 6.25. The van der Waals surface area contributed by atoms with Crippen LogP contribution in [0.2, 0.25) is 0 Å². The number of benzene rings is 1. The lowest BCUT2D eigenvalue weighted by atomic mass is 10.0. The van der Waals surface area contributed by atoms with Crippen molar-refractivity contribution < 1.29 is 8.42 Å². The Morgan fingerprint density at radius 1 is 1.23 bits per heavy atom. The van der Waals surface area contributed by atoms with Crippen molar-refractivity contribution >= 4 is 47.9 Å². The molecular formula is C20H19BrN6O2S. The molecular weight excluding hydrogens is 468 g/mol. The van der Waals surface area contributed by atoms with Crippen LogP contribution in [0, 0.1) is 5.92 Å². The molecule has 30 heavy (non-hydrogen) atoms. The summed E-state index contributed by atoms with van der Waals surface area (Å²) >= 11 is 3.51. The van der Waals surface area contributed by atoms with Gasteiger partial charge >= 0.3 is 0 Å². The van der Waals surface area contributed by atoms with Gasteiger partial charge in [0.15, 0.2) is 5.65 Å². The highest BCUT2D eigenvalue weighted by molar-refractivity contribution is 9.10. The summed E-state index contributed by atoms with van der Waals surface area (Å²) in [5.74, 6) is 0.905. The van der Waals surface area contributed by atoms with Crippen LogP contribution in [0.15, 0.2) is 47.3 Å². The standard InChI is InChI=1S/C20H19BrN6O2S/c1-30(28,29)26-8-6-13(12-26)9-18-23-11-16-19(21)25-27(20(16)24-18)15-4-5-17-14(10-15)3-2-7-22-17/h2-5,7,10-11,13H,6,8-9,12H2,1H3/t13-/m0/s1. The number of halogens is 1. The fourth-order valence-corrected chi connectivity index (χ4v) is 5.26. The van der Waals surface area contributed by atoms with Crippen LogP contribution in [0.25, 0.3) is 27.6 Å². The highest BCUT2D eigenvalue weighted by Crippen LogP contribution is 2.27. The predicted octanol–water partition coefficient (Wildman–Crippen LogP) is 2.95. The zero-order valence-corrected chi connectivity index (χ0v) is 18.6. The third kappa shape index (κ3) is 3.59. The molecule has 1 atom stereocenters. The quantitative estimate of drug-likeness (QED) is 0.440. The Balaban J connectivity index is 1.49. The van der Waals surface area contributed by atoms with E-state index in [1.165, 1.54) is 10.6 Å². The van der Waals surface area contributed by atoms with Gasteiger partial charge in [-0.3, -0.25) is 4.98 Å². The molecule has 0 N–H and O–H groups in total. The van der Waals surface area contributed by atoms with Gasteiger partial charge in [-0.1, -0.05) is 6.07 Å². The first-order chi connectivity index (χ1) is 14.4. The second kappa shape index (κ2) is 7.36. The molecule has 0 radical (unpaired) electrons. The van der Waals surface area contributed by atoms with Crippen LogP contribution < -0.4 is 0 Å². The second-order valence-corrected chi connectivity index (χ2v) is 10.3. The van der Waals surface area contributed by atoms with Crippen LogP contribution in [-0.2, 0) is 16.4 Å². The highest BCUT2D eigenvalue weighted by atomic mass is 79.9. The maximum Gasteiger partial charge on any atom is 0.211 e. The van der Waals surface area contributed by atoms with E-state index in [1.807, 2.05) is 30.3 Å².